The van der Waals surface area contributed by atoms with Gasteiger partial charge in [-0.1, -0.05) is 24.3 Å². The first-order valence-corrected chi connectivity index (χ1v) is 8.32. The SMILES string of the molecule is COC(=O)c1ccc(CNC(=O)COC(=O)CCc2ccc(F)cc2)cc1. The molecule has 0 aliphatic carbocycles. The molecule has 0 heterocycles. The molecule has 0 aliphatic rings. The topological polar surface area (TPSA) is 81.7 Å². The summed E-state index contributed by atoms with van der Waals surface area (Å²) in [4.78, 5) is 34.8. The number of aryl methyl sites for hydroxylation is 1. The van der Waals surface area contributed by atoms with Crippen molar-refractivity contribution < 1.29 is 28.2 Å². The quantitative estimate of drug-likeness (QED) is 0.719. The van der Waals surface area contributed by atoms with Gasteiger partial charge >= 0.3 is 11.9 Å². The normalized spacial score (nSPS) is 10.1. The van der Waals surface area contributed by atoms with E-state index in [1.54, 1.807) is 36.4 Å². The van der Waals surface area contributed by atoms with Crippen molar-refractivity contribution in [3.63, 3.8) is 0 Å². The Labute approximate surface area is 156 Å². The Hall–Kier alpha value is -3.22. The standard InChI is InChI=1S/C20H20FNO5/c1-26-20(25)16-7-2-15(3-8-16)12-22-18(23)13-27-19(24)11-6-14-4-9-17(21)10-5-14/h2-5,7-10H,6,11-13H2,1H3,(H,22,23). The number of hydrogen-bond acceptors (Lipinski definition) is 5. The van der Waals surface area contributed by atoms with Crippen LogP contribution in [0.4, 0.5) is 4.39 Å². The first-order chi connectivity index (χ1) is 13.0. The molecule has 1 N–H and O–H groups in total. The Kier molecular flexibility index (Phi) is 7.49. The molecule has 2 aromatic rings. The Balaban J connectivity index is 1.67. The molecule has 1 amide bonds. The molecule has 0 aliphatic heterocycles. The molecule has 0 fully saturated rings. The third-order valence-corrected chi connectivity index (χ3v) is 3.76. The maximum absolute atomic E-state index is 12.8. The van der Waals surface area contributed by atoms with Crippen molar-refractivity contribution >= 4 is 17.8 Å². The number of hydrogen-bond donors (Lipinski definition) is 1. The Bertz CT molecular complexity index is 787. The van der Waals surface area contributed by atoms with E-state index in [0.717, 1.165) is 11.1 Å². The number of amides is 1. The fraction of sp³-hybridized carbons (Fsp3) is 0.250. The summed E-state index contributed by atoms with van der Waals surface area (Å²) in [5, 5.41) is 2.62. The van der Waals surface area contributed by atoms with Gasteiger partial charge in [0.1, 0.15) is 5.82 Å². The van der Waals surface area contributed by atoms with E-state index in [4.69, 9.17) is 4.74 Å². The summed E-state index contributed by atoms with van der Waals surface area (Å²) in [6, 6.07) is 12.4. The number of esters is 2. The Morgan fingerprint density at radius 3 is 2.22 bits per heavy atom. The second kappa shape index (κ2) is 10.1. The molecular formula is C20H20FNO5. The number of methoxy groups -OCH3 is 1. The van der Waals surface area contributed by atoms with Crippen LogP contribution in [0.15, 0.2) is 48.5 Å². The number of nitrogens with one attached hydrogen (secondary N) is 1. The summed E-state index contributed by atoms with van der Waals surface area (Å²) in [5.41, 5.74) is 2.02. The van der Waals surface area contributed by atoms with Crippen LogP contribution < -0.4 is 5.32 Å². The van der Waals surface area contributed by atoms with Gasteiger partial charge in [-0.05, 0) is 41.8 Å². The smallest absolute Gasteiger partial charge is 0.337 e. The lowest BCUT2D eigenvalue weighted by molar-refractivity contribution is -0.148. The Morgan fingerprint density at radius 1 is 0.963 bits per heavy atom. The zero-order valence-electron chi connectivity index (χ0n) is 14.9. The van der Waals surface area contributed by atoms with Gasteiger partial charge in [-0.15, -0.1) is 0 Å². The van der Waals surface area contributed by atoms with E-state index < -0.39 is 17.8 Å². The fourth-order valence-electron chi connectivity index (χ4n) is 2.24. The minimum absolute atomic E-state index is 0.105. The van der Waals surface area contributed by atoms with Crippen LogP contribution in [0.2, 0.25) is 0 Å². The molecule has 6 nitrogen and oxygen atoms in total. The van der Waals surface area contributed by atoms with Gasteiger partial charge in [0.05, 0.1) is 12.7 Å². The number of carbonyl (C=O) groups is 3. The number of carbonyl (C=O) groups excluding carboxylic acids is 3. The summed E-state index contributed by atoms with van der Waals surface area (Å²) in [7, 11) is 1.30. The average Bonchev–Trinajstić information content (AvgIpc) is 2.70. The molecule has 0 radical (unpaired) electrons. The predicted octanol–water partition coefficient (Wildman–Crippen LogP) is 2.40. The number of ether oxygens (including phenoxy) is 2. The lowest BCUT2D eigenvalue weighted by atomic mass is 10.1. The summed E-state index contributed by atoms with van der Waals surface area (Å²) in [6.07, 6.45) is 0.515. The number of rotatable bonds is 8. The molecule has 0 saturated heterocycles. The number of halogens is 1. The van der Waals surface area contributed by atoms with Crippen LogP contribution in [-0.4, -0.2) is 31.6 Å². The summed E-state index contributed by atoms with van der Waals surface area (Å²) < 4.78 is 22.3. The molecule has 0 spiro atoms. The van der Waals surface area contributed by atoms with E-state index >= 15 is 0 Å². The maximum atomic E-state index is 12.8. The van der Waals surface area contributed by atoms with E-state index in [1.165, 1.54) is 19.2 Å². The van der Waals surface area contributed by atoms with Crippen molar-refractivity contribution in [1.29, 1.82) is 0 Å². The van der Waals surface area contributed by atoms with Crippen LogP contribution >= 0.6 is 0 Å². The largest absolute Gasteiger partial charge is 0.465 e. The maximum Gasteiger partial charge on any atom is 0.337 e. The van der Waals surface area contributed by atoms with Gasteiger partial charge in [0.25, 0.3) is 5.91 Å². The van der Waals surface area contributed by atoms with E-state index in [-0.39, 0.29) is 25.4 Å². The molecule has 7 heteroatoms. The predicted molar refractivity (Wildman–Crippen MR) is 95.3 cm³/mol. The lowest BCUT2D eigenvalue weighted by Crippen LogP contribution is -2.28. The van der Waals surface area contributed by atoms with Crippen molar-refractivity contribution in [2.45, 2.75) is 19.4 Å². The monoisotopic (exact) mass is 373 g/mol. The van der Waals surface area contributed by atoms with Gasteiger partial charge in [0.2, 0.25) is 0 Å². The van der Waals surface area contributed by atoms with Crippen LogP contribution in [0, 0.1) is 5.82 Å². The van der Waals surface area contributed by atoms with Crippen molar-refractivity contribution in [1.82, 2.24) is 5.32 Å². The second-order valence-corrected chi connectivity index (χ2v) is 5.75. The molecule has 2 aromatic carbocycles. The van der Waals surface area contributed by atoms with Gasteiger partial charge in [-0.25, -0.2) is 9.18 Å². The third kappa shape index (κ3) is 6.89. The molecule has 2 rings (SSSR count). The van der Waals surface area contributed by atoms with Crippen LogP contribution in [-0.2, 0) is 32.0 Å². The zero-order chi connectivity index (χ0) is 19.6. The molecule has 27 heavy (non-hydrogen) atoms. The van der Waals surface area contributed by atoms with E-state index in [2.05, 4.69) is 10.1 Å². The zero-order valence-corrected chi connectivity index (χ0v) is 14.9. The van der Waals surface area contributed by atoms with Crippen molar-refractivity contribution in [3.8, 4) is 0 Å². The minimum atomic E-state index is -0.503. The van der Waals surface area contributed by atoms with E-state index in [1.807, 2.05) is 0 Å². The van der Waals surface area contributed by atoms with Gasteiger partial charge < -0.3 is 14.8 Å². The molecule has 0 unspecified atom stereocenters. The Morgan fingerprint density at radius 2 is 1.59 bits per heavy atom. The van der Waals surface area contributed by atoms with Crippen molar-refractivity contribution in [2.75, 3.05) is 13.7 Å². The molecule has 142 valence electrons. The molecule has 0 saturated carbocycles. The van der Waals surface area contributed by atoms with Crippen molar-refractivity contribution in [2.24, 2.45) is 0 Å². The van der Waals surface area contributed by atoms with Crippen molar-refractivity contribution in [3.05, 3.63) is 71.0 Å². The van der Waals surface area contributed by atoms with E-state index in [9.17, 15) is 18.8 Å². The van der Waals surface area contributed by atoms with Crippen LogP contribution in [0.3, 0.4) is 0 Å². The van der Waals surface area contributed by atoms with Crippen LogP contribution in [0.1, 0.15) is 27.9 Å². The summed E-state index contributed by atoms with van der Waals surface area (Å²) in [6.45, 7) is -0.129. The van der Waals surface area contributed by atoms with Crippen LogP contribution in [0.5, 0.6) is 0 Å². The molecule has 0 bridgehead atoms. The molecular weight excluding hydrogens is 353 g/mol. The first-order valence-electron chi connectivity index (χ1n) is 8.32. The summed E-state index contributed by atoms with van der Waals surface area (Å²) in [5.74, 6) is -1.70. The number of benzene rings is 2. The lowest BCUT2D eigenvalue weighted by Gasteiger charge is -2.07. The highest BCUT2D eigenvalue weighted by Gasteiger charge is 2.09. The van der Waals surface area contributed by atoms with Gasteiger partial charge in [0, 0.05) is 13.0 Å². The first kappa shape index (κ1) is 20.1. The fourth-order valence-corrected chi connectivity index (χ4v) is 2.24. The van der Waals surface area contributed by atoms with Gasteiger partial charge in [0.15, 0.2) is 6.61 Å². The highest BCUT2D eigenvalue weighted by molar-refractivity contribution is 5.89. The average molecular weight is 373 g/mol. The van der Waals surface area contributed by atoms with E-state index in [0.29, 0.717) is 12.0 Å². The third-order valence-electron chi connectivity index (χ3n) is 3.76. The van der Waals surface area contributed by atoms with Gasteiger partial charge in [-0.2, -0.15) is 0 Å². The van der Waals surface area contributed by atoms with Gasteiger partial charge in [-0.3, -0.25) is 9.59 Å². The van der Waals surface area contributed by atoms with Crippen LogP contribution in [0.25, 0.3) is 0 Å². The highest BCUT2D eigenvalue weighted by Crippen LogP contribution is 2.07. The highest BCUT2D eigenvalue weighted by atomic mass is 19.1. The second-order valence-electron chi connectivity index (χ2n) is 5.75. The minimum Gasteiger partial charge on any atom is -0.465 e. The summed E-state index contributed by atoms with van der Waals surface area (Å²) >= 11 is 0. The molecule has 0 atom stereocenters. The molecule has 0 aromatic heterocycles.